The molecule has 100 valence electrons. The zero-order valence-electron chi connectivity index (χ0n) is 9.85. The lowest BCUT2D eigenvalue weighted by Gasteiger charge is -1.91. The lowest BCUT2D eigenvalue weighted by molar-refractivity contribution is 1.95. The highest BCUT2D eigenvalue weighted by Crippen LogP contribution is 2.49. The predicted octanol–water partition coefficient (Wildman–Crippen LogP) is 7.94. The van der Waals surface area contributed by atoms with Gasteiger partial charge in [0.05, 0.1) is 22.0 Å². The first-order chi connectivity index (χ1) is 9.72. The van der Waals surface area contributed by atoms with Gasteiger partial charge in [0.2, 0.25) is 0 Å². The van der Waals surface area contributed by atoms with E-state index in [4.69, 9.17) is 0 Å². The molecule has 0 fully saturated rings. The van der Waals surface area contributed by atoms with Crippen LogP contribution in [0.2, 0.25) is 0 Å². The molecule has 4 aromatic rings. The Morgan fingerprint density at radius 1 is 0.700 bits per heavy atom. The van der Waals surface area contributed by atoms with Gasteiger partial charge in [0.25, 0.3) is 0 Å². The van der Waals surface area contributed by atoms with E-state index in [1.54, 1.807) is 22.7 Å². The number of thiophene rings is 4. The fraction of sp³-hybridized carbons (Fsp3) is 0. The van der Waals surface area contributed by atoms with E-state index in [1.807, 2.05) is 22.7 Å². The highest BCUT2D eigenvalue weighted by atomic mass is 79.9. The van der Waals surface area contributed by atoms with Gasteiger partial charge in [-0.2, -0.15) is 0 Å². The molecule has 0 saturated heterocycles. The molecule has 0 aliphatic carbocycles. The second-order valence-electron chi connectivity index (χ2n) is 4.13. The van der Waals surface area contributed by atoms with Gasteiger partial charge in [-0.1, -0.05) is 0 Å². The van der Waals surface area contributed by atoms with Crippen molar-refractivity contribution in [3.05, 3.63) is 43.3 Å². The largest absolute Gasteiger partial charge is 0.142 e. The Balaban J connectivity index is 1.97. The van der Waals surface area contributed by atoms with Crippen molar-refractivity contribution in [2.24, 2.45) is 0 Å². The first-order valence-corrected chi connectivity index (χ1v) is 10.7. The molecule has 4 heterocycles. The first kappa shape index (κ1) is 13.7. The van der Waals surface area contributed by atoms with E-state index in [9.17, 15) is 0 Å². The van der Waals surface area contributed by atoms with E-state index >= 15 is 0 Å². The zero-order chi connectivity index (χ0) is 13.7. The molecule has 4 rings (SSSR count). The molecule has 4 aromatic heterocycles. The summed E-state index contributed by atoms with van der Waals surface area (Å²) >= 11 is 14.5. The average molecular weight is 462 g/mol. The second kappa shape index (κ2) is 5.34. The predicted molar refractivity (Wildman–Crippen MR) is 102 cm³/mol. The van der Waals surface area contributed by atoms with Crippen LogP contribution in [-0.2, 0) is 0 Å². The third-order valence-electron chi connectivity index (χ3n) is 2.91. The lowest BCUT2D eigenvalue weighted by Crippen LogP contribution is -1.60. The SMILES string of the molecule is Brc1ccc(-c2sc(-c3ccc(Br)s3)c3sccc23)s1. The van der Waals surface area contributed by atoms with Crippen molar-refractivity contribution < 1.29 is 0 Å². The van der Waals surface area contributed by atoms with Crippen molar-refractivity contribution in [1.82, 2.24) is 0 Å². The number of hydrogen-bond acceptors (Lipinski definition) is 4. The molecule has 0 aliphatic rings. The van der Waals surface area contributed by atoms with Gasteiger partial charge in [0.1, 0.15) is 0 Å². The summed E-state index contributed by atoms with van der Waals surface area (Å²) in [6.45, 7) is 0. The van der Waals surface area contributed by atoms with Crippen LogP contribution in [0.25, 0.3) is 29.6 Å². The normalized spacial score (nSPS) is 11.5. The molecule has 6 heteroatoms. The summed E-state index contributed by atoms with van der Waals surface area (Å²) in [5.74, 6) is 0. The van der Waals surface area contributed by atoms with Crippen LogP contribution < -0.4 is 0 Å². The monoisotopic (exact) mass is 460 g/mol. The zero-order valence-corrected chi connectivity index (χ0v) is 16.3. The summed E-state index contributed by atoms with van der Waals surface area (Å²) in [7, 11) is 0. The van der Waals surface area contributed by atoms with E-state index in [-0.39, 0.29) is 0 Å². The van der Waals surface area contributed by atoms with Crippen molar-refractivity contribution in [3.8, 4) is 19.5 Å². The van der Waals surface area contributed by atoms with Gasteiger partial charge in [-0.15, -0.1) is 45.3 Å². The molecule has 0 N–H and O–H groups in total. The number of fused-ring (bicyclic) bond motifs is 1. The molecule has 20 heavy (non-hydrogen) atoms. The van der Waals surface area contributed by atoms with Crippen LogP contribution in [0.5, 0.6) is 0 Å². The van der Waals surface area contributed by atoms with Crippen molar-refractivity contribution in [3.63, 3.8) is 0 Å². The lowest BCUT2D eigenvalue weighted by atomic mass is 10.2. The quantitative estimate of drug-likeness (QED) is 0.284. The Hall–Kier alpha value is 0.0200. The van der Waals surface area contributed by atoms with E-state index in [0.717, 1.165) is 0 Å². The Bertz CT molecular complexity index is 824. The van der Waals surface area contributed by atoms with Gasteiger partial charge >= 0.3 is 0 Å². The fourth-order valence-electron chi connectivity index (χ4n) is 2.09. The summed E-state index contributed by atoms with van der Waals surface area (Å²) in [6.07, 6.45) is 0. The Kier molecular flexibility index (Phi) is 3.65. The molecule has 0 radical (unpaired) electrons. The molecule has 0 unspecified atom stereocenters. The van der Waals surface area contributed by atoms with Crippen LogP contribution in [0.1, 0.15) is 0 Å². The van der Waals surface area contributed by atoms with Crippen LogP contribution >= 0.6 is 77.2 Å². The molecular weight excluding hydrogens is 456 g/mol. The minimum Gasteiger partial charge on any atom is -0.142 e. The highest BCUT2D eigenvalue weighted by Gasteiger charge is 2.17. The maximum absolute atomic E-state index is 3.56. The summed E-state index contributed by atoms with van der Waals surface area (Å²) in [4.78, 5) is 5.46. The van der Waals surface area contributed by atoms with Gasteiger partial charge in [-0.05, 0) is 67.6 Å². The number of rotatable bonds is 2. The smallest absolute Gasteiger partial charge is 0.0705 e. The van der Waals surface area contributed by atoms with Gasteiger partial charge in [-0.25, -0.2) is 0 Å². The summed E-state index contributed by atoms with van der Waals surface area (Å²) in [5, 5.41) is 3.57. The molecule has 0 spiro atoms. The molecule has 0 aliphatic heterocycles. The van der Waals surface area contributed by atoms with Crippen molar-refractivity contribution in [2.75, 3.05) is 0 Å². The van der Waals surface area contributed by atoms with Crippen LogP contribution in [0.4, 0.5) is 0 Å². The highest BCUT2D eigenvalue weighted by molar-refractivity contribution is 9.11. The third-order valence-corrected chi connectivity index (χ3v) is 8.79. The van der Waals surface area contributed by atoms with Crippen LogP contribution in [0.15, 0.2) is 43.3 Å². The van der Waals surface area contributed by atoms with E-state index in [2.05, 4.69) is 67.6 Å². The van der Waals surface area contributed by atoms with Crippen LogP contribution in [0, 0.1) is 0 Å². The second-order valence-corrected chi connectivity index (χ2v) is 11.0. The van der Waals surface area contributed by atoms with E-state index in [1.165, 1.54) is 37.2 Å². The Labute approximate surface area is 149 Å². The van der Waals surface area contributed by atoms with Gasteiger partial charge < -0.3 is 0 Å². The van der Waals surface area contributed by atoms with Crippen molar-refractivity contribution in [2.45, 2.75) is 0 Å². The molecule has 0 amide bonds. The van der Waals surface area contributed by atoms with Gasteiger partial charge in [-0.3, -0.25) is 0 Å². The molecule has 0 bridgehead atoms. The molecule has 0 aromatic carbocycles. The number of hydrogen-bond donors (Lipinski definition) is 0. The molecule has 0 saturated carbocycles. The Morgan fingerprint density at radius 2 is 1.35 bits per heavy atom. The summed E-state index contributed by atoms with van der Waals surface area (Å²) < 4.78 is 3.78. The maximum Gasteiger partial charge on any atom is 0.0705 e. The third kappa shape index (κ3) is 2.26. The minimum absolute atomic E-state index is 1.18. The maximum atomic E-state index is 3.56. The first-order valence-electron chi connectivity index (χ1n) is 5.74. The van der Waals surface area contributed by atoms with Crippen LogP contribution in [-0.4, -0.2) is 0 Å². The van der Waals surface area contributed by atoms with Gasteiger partial charge in [0.15, 0.2) is 0 Å². The topological polar surface area (TPSA) is 0 Å². The van der Waals surface area contributed by atoms with Crippen molar-refractivity contribution >= 4 is 87.3 Å². The fourth-order valence-corrected chi connectivity index (χ4v) is 7.53. The molecule has 0 nitrogen and oxygen atoms in total. The molecule has 0 atom stereocenters. The van der Waals surface area contributed by atoms with E-state index < -0.39 is 0 Å². The minimum atomic E-state index is 1.18. The van der Waals surface area contributed by atoms with Crippen molar-refractivity contribution in [1.29, 1.82) is 0 Å². The average Bonchev–Trinajstić information content (AvgIpc) is 3.12. The molecular formula is C14H6Br2S4. The summed E-state index contributed by atoms with van der Waals surface area (Å²) in [6, 6.07) is 10.9. The van der Waals surface area contributed by atoms with Gasteiger partial charge in [0, 0.05) is 15.1 Å². The number of halogens is 2. The Morgan fingerprint density at radius 3 is 1.95 bits per heavy atom. The standard InChI is InChI=1S/C14H6Br2S4/c15-10-3-1-8(18-10)12-7-5-6-17-13(7)14(20-12)9-2-4-11(16)19-9/h1-6H. The summed E-state index contributed by atoms with van der Waals surface area (Å²) in [5.41, 5.74) is 0. The van der Waals surface area contributed by atoms with Crippen LogP contribution in [0.3, 0.4) is 0 Å². The van der Waals surface area contributed by atoms with E-state index in [0.29, 0.717) is 0 Å².